The second-order valence-electron chi connectivity index (χ2n) is 9.04. The first-order valence-electron chi connectivity index (χ1n) is 12.1. The molecule has 4 aromatic rings. The molecule has 0 unspecified atom stereocenters. The molecule has 1 aliphatic heterocycles. The standard InChI is InChI=1S/C27H29N7O2/c1-17(2)25(32-21-8-9-22-23(16-21)31-18(3)30-22)33-26-24(28-10-11-29-26)19-4-6-20(7-5-19)27(35)34-12-14-36-15-13-34/h4-11,16-17H,12-15H2,1-3H3,(H,30,31)(H,29,32,33). The summed E-state index contributed by atoms with van der Waals surface area (Å²) in [6.07, 6.45) is 3.29. The number of aromatic amines is 1. The number of nitrogens with zero attached hydrogens (tertiary/aromatic N) is 5. The van der Waals surface area contributed by atoms with Crippen LogP contribution in [0, 0.1) is 12.8 Å². The van der Waals surface area contributed by atoms with Crippen LogP contribution in [0.1, 0.15) is 30.0 Å². The quantitative estimate of drug-likeness (QED) is 0.317. The fraction of sp³-hybridized carbons (Fsp3) is 0.296. The summed E-state index contributed by atoms with van der Waals surface area (Å²) in [5.41, 5.74) is 4.94. The number of aliphatic imine (C=N–C) groups is 1. The molecule has 0 atom stereocenters. The molecule has 1 amide bonds. The number of hydrogen-bond donors (Lipinski definition) is 2. The number of aryl methyl sites for hydroxylation is 1. The molecule has 184 valence electrons. The van der Waals surface area contributed by atoms with Crippen molar-refractivity contribution in [3.63, 3.8) is 0 Å². The molecule has 1 aliphatic rings. The molecule has 9 heteroatoms. The third kappa shape index (κ3) is 5.11. The number of imidazole rings is 1. The highest BCUT2D eigenvalue weighted by Crippen LogP contribution is 2.27. The van der Waals surface area contributed by atoms with Crippen molar-refractivity contribution in [3.05, 3.63) is 66.2 Å². The first-order chi connectivity index (χ1) is 17.5. The molecule has 9 nitrogen and oxygen atoms in total. The topological polar surface area (TPSA) is 108 Å². The lowest BCUT2D eigenvalue weighted by Gasteiger charge is -2.26. The van der Waals surface area contributed by atoms with E-state index >= 15 is 0 Å². The van der Waals surface area contributed by atoms with Gasteiger partial charge in [0, 0.05) is 48.2 Å². The number of hydrogen-bond acceptors (Lipinski definition) is 6. The van der Waals surface area contributed by atoms with E-state index in [1.807, 2.05) is 54.3 Å². The zero-order valence-corrected chi connectivity index (χ0v) is 20.7. The number of fused-ring (bicyclic) bond motifs is 1. The Kier molecular flexibility index (Phi) is 6.73. The fourth-order valence-corrected chi connectivity index (χ4v) is 4.11. The SMILES string of the molecule is Cc1nc2ccc(NC(=Nc3nccnc3-c3ccc(C(=O)N4CCOCC4)cc3)C(C)C)cc2[nH]1. The van der Waals surface area contributed by atoms with Gasteiger partial charge in [0.05, 0.1) is 24.2 Å². The van der Waals surface area contributed by atoms with Crippen LogP contribution < -0.4 is 5.32 Å². The molecule has 36 heavy (non-hydrogen) atoms. The summed E-state index contributed by atoms with van der Waals surface area (Å²) in [5.74, 6) is 2.29. The van der Waals surface area contributed by atoms with Crippen molar-refractivity contribution in [2.45, 2.75) is 20.8 Å². The molecule has 0 bridgehead atoms. The van der Waals surface area contributed by atoms with Crippen molar-refractivity contribution in [2.24, 2.45) is 10.9 Å². The van der Waals surface area contributed by atoms with E-state index in [1.165, 1.54) is 0 Å². The summed E-state index contributed by atoms with van der Waals surface area (Å²) in [4.78, 5) is 36.3. The number of benzene rings is 2. The average molecular weight is 484 g/mol. The van der Waals surface area contributed by atoms with Crippen LogP contribution in [0.15, 0.2) is 59.9 Å². The first kappa shape index (κ1) is 23.6. The number of aromatic nitrogens is 4. The number of carbonyl (C=O) groups is 1. The van der Waals surface area contributed by atoms with Gasteiger partial charge in [-0.2, -0.15) is 0 Å². The number of rotatable bonds is 5. The molecule has 0 radical (unpaired) electrons. The fourth-order valence-electron chi connectivity index (χ4n) is 4.11. The predicted octanol–water partition coefficient (Wildman–Crippen LogP) is 4.60. The Hall–Kier alpha value is -4.11. The van der Waals surface area contributed by atoms with Crippen LogP contribution in [-0.2, 0) is 4.74 Å². The molecule has 1 saturated heterocycles. The monoisotopic (exact) mass is 483 g/mol. The Morgan fingerprint density at radius 2 is 1.83 bits per heavy atom. The summed E-state index contributed by atoms with van der Waals surface area (Å²) in [5, 5.41) is 3.44. The lowest BCUT2D eigenvalue weighted by molar-refractivity contribution is 0.0303. The zero-order chi connectivity index (χ0) is 25.1. The van der Waals surface area contributed by atoms with Gasteiger partial charge in [-0.05, 0) is 37.3 Å². The van der Waals surface area contributed by atoms with Crippen molar-refractivity contribution < 1.29 is 9.53 Å². The Labute approximate surface area is 209 Å². The number of morpholine rings is 1. The number of carbonyl (C=O) groups excluding carboxylic acids is 1. The van der Waals surface area contributed by atoms with Crippen LogP contribution in [0.2, 0.25) is 0 Å². The van der Waals surface area contributed by atoms with Crippen LogP contribution in [0.4, 0.5) is 11.5 Å². The highest BCUT2D eigenvalue weighted by Gasteiger charge is 2.19. The minimum atomic E-state index is 0.0120. The Morgan fingerprint density at radius 1 is 1.08 bits per heavy atom. The van der Waals surface area contributed by atoms with E-state index in [9.17, 15) is 4.79 Å². The molecule has 2 aromatic heterocycles. The highest BCUT2D eigenvalue weighted by molar-refractivity contribution is 6.00. The molecule has 0 aliphatic carbocycles. The Morgan fingerprint density at radius 3 is 2.58 bits per heavy atom. The van der Waals surface area contributed by atoms with Gasteiger partial charge in [-0.15, -0.1) is 0 Å². The van der Waals surface area contributed by atoms with Gasteiger partial charge in [0.1, 0.15) is 17.4 Å². The zero-order valence-electron chi connectivity index (χ0n) is 20.7. The average Bonchev–Trinajstić information content (AvgIpc) is 3.28. The van der Waals surface area contributed by atoms with E-state index < -0.39 is 0 Å². The molecular formula is C27H29N7O2. The van der Waals surface area contributed by atoms with Gasteiger partial charge in [0.25, 0.3) is 5.91 Å². The van der Waals surface area contributed by atoms with Gasteiger partial charge in [0.2, 0.25) is 0 Å². The smallest absolute Gasteiger partial charge is 0.254 e. The maximum absolute atomic E-state index is 12.8. The third-order valence-electron chi connectivity index (χ3n) is 6.03. The van der Waals surface area contributed by atoms with Gasteiger partial charge in [-0.25, -0.2) is 15.0 Å². The lowest BCUT2D eigenvalue weighted by atomic mass is 10.1. The van der Waals surface area contributed by atoms with Crippen LogP contribution in [0.5, 0.6) is 0 Å². The van der Waals surface area contributed by atoms with E-state index in [1.54, 1.807) is 12.4 Å². The lowest BCUT2D eigenvalue weighted by Crippen LogP contribution is -2.40. The first-order valence-corrected chi connectivity index (χ1v) is 12.1. The van der Waals surface area contributed by atoms with Gasteiger partial charge in [-0.3, -0.25) is 9.78 Å². The summed E-state index contributed by atoms with van der Waals surface area (Å²) < 4.78 is 5.35. The minimum absolute atomic E-state index is 0.0120. The van der Waals surface area contributed by atoms with E-state index in [-0.39, 0.29) is 11.8 Å². The second kappa shape index (κ2) is 10.2. The van der Waals surface area contributed by atoms with Crippen LogP contribution >= 0.6 is 0 Å². The van der Waals surface area contributed by atoms with E-state index in [0.717, 1.165) is 33.9 Å². The summed E-state index contributed by atoms with van der Waals surface area (Å²) >= 11 is 0. The van der Waals surface area contributed by atoms with Crippen molar-refractivity contribution in [1.82, 2.24) is 24.8 Å². The largest absolute Gasteiger partial charge is 0.378 e. The number of anilines is 1. The molecule has 0 saturated carbocycles. The normalized spacial score (nSPS) is 14.4. The molecule has 2 aromatic carbocycles. The van der Waals surface area contributed by atoms with Crippen molar-refractivity contribution in [1.29, 1.82) is 0 Å². The predicted molar refractivity (Wildman–Crippen MR) is 141 cm³/mol. The molecule has 5 rings (SSSR count). The maximum atomic E-state index is 12.8. The Balaban J connectivity index is 1.41. The number of amides is 1. The van der Waals surface area contributed by atoms with Crippen LogP contribution in [-0.4, -0.2) is 62.9 Å². The van der Waals surface area contributed by atoms with Gasteiger partial charge < -0.3 is 19.9 Å². The molecule has 2 N–H and O–H groups in total. The number of amidine groups is 1. The van der Waals surface area contributed by atoms with Gasteiger partial charge in [0.15, 0.2) is 5.82 Å². The van der Waals surface area contributed by atoms with E-state index in [2.05, 4.69) is 39.1 Å². The van der Waals surface area contributed by atoms with Crippen molar-refractivity contribution >= 4 is 34.3 Å². The minimum Gasteiger partial charge on any atom is -0.378 e. The van der Waals surface area contributed by atoms with E-state index in [4.69, 9.17) is 9.73 Å². The van der Waals surface area contributed by atoms with Gasteiger partial charge in [-0.1, -0.05) is 26.0 Å². The number of nitrogens with one attached hydrogen (secondary N) is 2. The van der Waals surface area contributed by atoms with Crippen molar-refractivity contribution in [3.8, 4) is 11.3 Å². The maximum Gasteiger partial charge on any atom is 0.254 e. The Bertz CT molecular complexity index is 1400. The highest BCUT2D eigenvalue weighted by atomic mass is 16.5. The van der Waals surface area contributed by atoms with Crippen LogP contribution in [0.3, 0.4) is 0 Å². The van der Waals surface area contributed by atoms with Crippen molar-refractivity contribution in [2.75, 3.05) is 31.6 Å². The van der Waals surface area contributed by atoms with E-state index in [0.29, 0.717) is 43.4 Å². The molecule has 1 fully saturated rings. The number of H-pyrrole nitrogens is 1. The van der Waals surface area contributed by atoms with Crippen LogP contribution in [0.25, 0.3) is 22.3 Å². The third-order valence-corrected chi connectivity index (χ3v) is 6.03. The molecule has 3 heterocycles. The second-order valence-corrected chi connectivity index (χ2v) is 9.04. The summed E-state index contributed by atoms with van der Waals surface area (Å²) in [7, 11) is 0. The molecule has 0 spiro atoms. The summed E-state index contributed by atoms with van der Waals surface area (Å²) in [6.45, 7) is 8.47. The van der Waals surface area contributed by atoms with Gasteiger partial charge >= 0.3 is 0 Å². The number of ether oxygens (including phenoxy) is 1. The molecular weight excluding hydrogens is 454 g/mol. The summed E-state index contributed by atoms with van der Waals surface area (Å²) in [6, 6.07) is 13.4.